The lowest BCUT2D eigenvalue weighted by atomic mass is 9.70. The molecule has 0 spiro atoms. The fourth-order valence-corrected chi connectivity index (χ4v) is 4.45. The predicted molar refractivity (Wildman–Crippen MR) is 116 cm³/mol. The van der Waals surface area contributed by atoms with Crippen molar-refractivity contribution in [3.05, 3.63) is 23.8 Å². The fraction of sp³-hybridized carbons (Fsp3) is 0.524. The van der Waals surface area contributed by atoms with E-state index in [1.165, 1.54) is 32.4 Å². The normalized spacial score (nSPS) is 30.2. The highest BCUT2D eigenvalue weighted by atomic mass is 79.9. The van der Waals surface area contributed by atoms with Gasteiger partial charge in [0.15, 0.2) is 33.6 Å². The predicted octanol–water partition coefficient (Wildman–Crippen LogP) is -0.488. The van der Waals surface area contributed by atoms with E-state index < -0.39 is 57.7 Å². The van der Waals surface area contributed by atoms with E-state index in [4.69, 9.17) is 14.2 Å². The minimum absolute atomic E-state index is 0.0516. The van der Waals surface area contributed by atoms with Crippen LogP contribution < -0.4 is 14.8 Å². The molecule has 12 heteroatoms. The molecule has 1 amide bonds. The van der Waals surface area contributed by atoms with Gasteiger partial charge in [0, 0.05) is 11.6 Å². The van der Waals surface area contributed by atoms with Gasteiger partial charge >= 0.3 is 0 Å². The number of ether oxygens (including phenoxy) is 3. The van der Waals surface area contributed by atoms with E-state index in [9.17, 15) is 34.5 Å². The molecule has 4 N–H and O–H groups in total. The van der Waals surface area contributed by atoms with Crippen molar-refractivity contribution in [3.8, 4) is 11.5 Å². The molecule has 1 saturated heterocycles. The maximum absolute atomic E-state index is 13.1. The summed E-state index contributed by atoms with van der Waals surface area (Å²) in [7, 11) is 2.72. The number of methoxy groups -OCH3 is 2. The summed E-state index contributed by atoms with van der Waals surface area (Å²) in [5.41, 5.74) is -5.58. The Morgan fingerprint density at radius 2 is 1.48 bits per heavy atom. The molecule has 6 atom stereocenters. The van der Waals surface area contributed by atoms with Gasteiger partial charge in [0.2, 0.25) is 0 Å². The number of nitrogens with one attached hydrogen (secondary N) is 1. The molecule has 11 nitrogen and oxygen atoms in total. The van der Waals surface area contributed by atoms with E-state index in [0.717, 1.165) is 20.8 Å². The Morgan fingerprint density at radius 3 is 1.88 bits per heavy atom. The van der Waals surface area contributed by atoms with Crippen LogP contribution in [0.15, 0.2) is 18.2 Å². The number of carbonyl (C=O) groups is 4. The zero-order chi connectivity index (χ0) is 25.3. The van der Waals surface area contributed by atoms with Gasteiger partial charge < -0.3 is 34.8 Å². The molecule has 1 aliphatic heterocycles. The summed E-state index contributed by atoms with van der Waals surface area (Å²) in [6, 6.07) is 2.12. The summed E-state index contributed by atoms with van der Waals surface area (Å²) < 4.78 is 15.6. The molecule has 1 unspecified atom stereocenters. The summed E-state index contributed by atoms with van der Waals surface area (Å²) in [5.74, 6) is -3.31. The van der Waals surface area contributed by atoms with Gasteiger partial charge in [0.1, 0.15) is 29.7 Å². The second kappa shape index (κ2) is 9.85. The maximum atomic E-state index is 13.1. The summed E-state index contributed by atoms with van der Waals surface area (Å²) in [5, 5.41) is 33.7. The standard InChI is InChI=1S/C21H26BrNO10/c1-9(24)15(27)16-20(29,10(2)25)18(21(30,11(3)26)19(22)33-16)23-17(28)12-6-13(31-4)8-14(7-12)32-5/h6-8,15-16,18-19,27,29-30H,1-5H3,(H,23,28)/t15?,16-,18-,19+,20+,21-/m1/s1. The molecule has 0 aliphatic carbocycles. The van der Waals surface area contributed by atoms with Crippen LogP contribution in [-0.4, -0.2) is 87.3 Å². The van der Waals surface area contributed by atoms with E-state index in [1.54, 1.807) is 0 Å². The van der Waals surface area contributed by atoms with Crippen LogP contribution in [0.4, 0.5) is 0 Å². The van der Waals surface area contributed by atoms with Crippen molar-refractivity contribution in [2.45, 2.75) is 55.2 Å². The van der Waals surface area contributed by atoms with E-state index in [1.807, 2.05) is 0 Å². The number of ketones is 3. The second-order valence-corrected chi connectivity index (χ2v) is 8.53. The van der Waals surface area contributed by atoms with Crippen molar-refractivity contribution in [2.24, 2.45) is 0 Å². The van der Waals surface area contributed by atoms with Gasteiger partial charge in [-0.2, -0.15) is 0 Å². The van der Waals surface area contributed by atoms with Gasteiger partial charge in [-0.15, -0.1) is 0 Å². The lowest BCUT2D eigenvalue weighted by molar-refractivity contribution is -0.248. The Bertz CT molecular complexity index is 946. The van der Waals surface area contributed by atoms with Crippen LogP contribution in [0.5, 0.6) is 11.5 Å². The molecule has 1 aromatic carbocycles. The Labute approximate surface area is 198 Å². The van der Waals surface area contributed by atoms with Crippen molar-refractivity contribution >= 4 is 39.2 Å². The van der Waals surface area contributed by atoms with Gasteiger partial charge in [-0.1, -0.05) is 15.9 Å². The Morgan fingerprint density at radius 1 is 1.00 bits per heavy atom. The third-order valence-electron chi connectivity index (χ3n) is 5.65. The summed E-state index contributed by atoms with van der Waals surface area (Å²) in [6.45, 7) is 2.87. The minimum atomic E-state index is -2.87. The van der Waals surface area contributed by atoms with Crippen molar-refractivity contribution in [3.63, 3.8) is 0 Å². The number of amides is 1. The number of Topliss-reactive ketones (excluding diaryl/α,β-unsaturated/α-hetero) is 3. The summed E-state index contributed by atoms with van der Waals surface area (Å²) in [4.78, 5) is 50.1. The molecule has 1 aliphatic rings. The number of rotatable bonds is 8. The van der Waals surface area contributed by atoms with Crippen molar-refractivity contribution < 1.29 is 48.7 Å². The monoisotopic (exact) mass is 531 g/mol. The van der Waals surface area contributed by atoms with Crippen LogP contribution in [-0.2, 0) is 19.1 Å². The largest absolute Gasteiger partial charge is 0.497 e. The first kappa shape index (κ1) is 26.9. The molecule has 2 rings (SSSR count). The molecule has 1 aromatic rings. The lowest BCUT2D eigenvalue weighted by Gasteiger charge is -2.53. The number of carbonyl (C=O) groups excluding carboxylic acids is 4. The van der Waals surface area contributed by atoms with E-state index in [-0.39, 0.29) is 17.1 Å². The zero-order valence-electron chi connectivity index (χ0n) is 18.6. The molecule has 1 fully saturated rings. The van der Waals surface area contributed by atoms with Crippen LogP contribution in [0.3, 0.4) is 0 Å². The molecule has 1 heterocycles. The van der Waals surface area contributed by atoms with Gasteiger partial charge in [-0.3, -0.25) is 19.2 Å². The Kier molecular flexibility index (Phi) is 8.02. The molecular weight excluding hydrogens is 506 g/mol. The van der Waals surface area contributed by atoms with Crippen molar-refractivity contribution in [1.82, 2.24) is 5.32 Å². The lowest BCUT2D eigenvalue weighted by Crippen LogP contribution is -2.81. The van der Waals surface area contributed by atoms with Gasteiger partial charge in [0.25, 0.3) is 5.91 Å². The van der Waals surface area contributed by atoms with Crippen molar-refractivity contribution in [1.29, 1.82) is 0 Å². The van der Waals surface area contributed by atoms with Gasteiger partial charge in [-0.25, -0.2) is 0 Å². The average molecular weight is 532 g/mol. The Hall–Kier alpha value is -2.38. The quantitative estimate of drug-likeness (QED) is 0.321. The smallest absolute Gasteiger partial charge is 0.252 e. The molecule has 0 bridgehead atoms. The number of aliphatic hydroxyl groups is 3. The van der Waals surface area contributed by atoms with Crippen molar-refractivity contribution in [2.75, 3.05) is 14.2 Å². The van der Waals surface area contributed by atoms with E-state index in [0.29, 0.717) is 0 Å². The van der Waals surface area contributed by atoms with Crippen LogP contribution in [0.25, 0.3) is 0 Å². The highest BCUT2D eigenvalue weighted by molar-refractivity contribution is 9.09. The van der Waals surface area contributed by atoms with Crippen LogP contribution in [0.2, 0.25) is 0 Å². The number of hydrogen-bond acceptors (Lipinski definition) is 10. The van der Waals surface area contributed by atoms with Crippen LogP contribution >= 0.6 is 15.9 Å². The first-order valence-electron chi connectivity index (χ1n) is 9.73. The second-order valence-electron chi connectivity index (χ2n) is 7.70. The van der Waals surface area contributed by atoms with E-state index in [2.05, 4.69) is 21.2 Å². The third kappa shape index (κ3) is 4.66. The third-order valence-corrected chi connectivity index (χ3v) is 6.56. The highest BCUT2D eigenvalue weighted by Crippen LogP contribution is 2.42. The topological polar surface area (TPSA) is 169 Å². The summed E-state index contributed by atoms with van der Waals surface area (Å²) in [6.07, 6.45) is -3.92. The molecule has 0 aromatic heterocycles. The van der Waals surface area contributed by atoms with Gasteiger partial charge in [0.05, 0.1) is 14.2 Å². The number of alkyl halides is 1. The molecule has 182 valence electrons. The molecular formula is C21H26BrNO10. The summed E-state index contributed by atoms with van der Waals surface area (Å²) >= 11 is 2.97. The van der Waals surface area contributed by atoms with E-state index >= 15 is 0 Å². The number of hydrogen-bond donors (Lipinski definition) is 4. The molecule has 0 radical (unpaired) electrons. The first-order chi connectivity index (χ1) is 15.2. The number of aliphatic hydroxyl groups excluding tert-OH is 1. The minimum Gasteiger partial charge on any atom is -0.497 e. The molecule has 33 heavy (non-hydrogen) atoms. The Balaban J connectivity index is 2.66. The molecule has 0 saturated carbocycles. The van der Waals surface area contributed by atoms with Crippen LogP contribution in [0, 0.1) is 0 Å². The zero-order valence-corrected chi connectivity index (χ0v) is 20.2. The van der Waals surface area contributed by atoms with Crippen LogP contribution in [0.1, 0.15) is 31.1 Å². The van der Waals surface area contributed by atoms with Gasteiger partial charge in [-0.05, 0) is 32.9 Å². The SMILES string of the molecule is COc1cc(OC)cc(C(=O)N[C@@H]2[C@](O)(C(C)=O)[C@@H](C(O)C(C)=O)O[C@H](Br)[C@@]2(O)C(C)=O)c1. The first-order valence-corrected chi connectivity index (χ1v) is 10.6. The average Bonchev–Trinajstić information content (AvgIpc) is 2.77. The number of benzene rings is 1. The fourth-order valence-electron chi connectivity index (χ4n) is 3.63. The maximum Gasteiger partial charge on any atom is 0.252 e. The number of halogens is 1. The highest BCUT2D eigenvalue weighted by Gasteiger charge is 2.68.